The summed E-state index contributed by atoms with van der Waals surface area (Å²) in [6, 6.07) is 4.89. The van der Waals surface area contributed by atoms with Crippen LogP contribution in [-0.2, 0) is 19.1 Å². The van der Waals surface area contributed by atoms with Crippen LogP contribution >= 0.6 is 0 Å². The van der Waals surface area contributed by atoms with Crippen LogP contribution in [0.2, 0.25) is 0 Å². The number of pyridine rings is 1. The molecule has 1 aromatic carbocycles. The second kappa shape index (κ2) is 9.78. The number of nitrogens with zero attached hydrogens (tertiary/aromatic N) is 3. The van der Waals surface area contributed by atoms with Gasteiger partial charge in [0.05, 0.1) is 31.1 Å². The van der Waals surface area contributed by atoms with E-state index in [1.165, 1.54) is 30.2 Å². The lowest BCUT2D eigenvalue weighted by molar-refractivity contribution is -0.201. The number of benzene rings is 1. The van der Waals surface area contributed by atoms with Crippen molar-refractivity contribution in [2.24, 2.45) is 5.41 Å². The number of nitrogens with one attached hydrogen (secondary N) is 1. The molecule has 3 fully saturated rings. The lowest BCUT2D eigenvalue weighted by atomic mass is 9.96. The smallest absolute Gasteiger partial charge is 0.383 e. The monoisotopic (exact) mass is 549 g/mol. The van der Waals surface area contributed by atoms with Gasteiger partial charge in [0.15, 0.2) is 0 Å². The number of anilines is 2. The van der Waals surface area contributed by atoms with Crippen molar-refractivity contribution in [2.75, 3.05) is 37.4 Å². The third kappa shape index (κ3) is 4.90. The quantitative estimate of drug-likeness (QED) is 0.447. The minimum absolute atomic E-state index is 0.0193. The number of aromatic nitrogens is 1. The van der Waals surface area contributed by atoms with E-state index in [-0.39, 0.29) is 43.4 Å². The highest BCUT2D eigenvalue weighted by Gasteiger charge is 2.70. The van der Waals surface area contributed by atoms with Gasteiger partial charge in [-0.1, -0.05) is 12.1 Å². The van der Waals surface area contributed by atoms with E-state index in [0.29, 0.717) is 24.3 Å². The fraction of sp³-hybridized carbons (Fsp3) is 0.462. The fourth-order valence-corrected chi connectivity index (χ4v) is 5.09. The summed E-state index contributed by atoms with van der Waals surface area (Å²) >= 11 is 0. The number of alkyl halides is 3. The molecule has 0 unspecified atom stereocenters. The zero-order valence-electron chi connectivity index (χ0n) is 21.0. The van der Waals surface area contributed by atoms with Crippen LogP contribution in [0.25, 0.3) is 0 Å². The molecule has 3 amide bonds. The average Bonchev–Trinajstić information content (AvgIpc) is 3.67. The molecule has 3 N–H and O–H groups in total. The van der Waals surface area contributed by atoms with Gasteiger partial charge in [-0.15, -0.1) is 0 Å². The Balaban J connectivity index is 1.39. The van der Waals surface area contributed by atoms with Crippen molar-refractivity contribution >= 4 is 29.2 Å². The molecule has 1 saturated carbocycles. The Bertz CT molecular complexity index is 1290. The highest BCUT2D eigenvalue weighted by molar-refractivity contribution is 6.39. The molecule has 2 aromatic rings. The molecule has 0 bridgehead atoms. The number of hydrogen-bond acceptors (Lipinski definition) is 6. The Morgan fingerprint density at radius 3 is 2.33 bits per heavy atom. The van der Waals surface area contributed by atoms with Crippen LogP contribution in [0.3, 0.4) is 0 Å². The average molecular weight is 550 g/mol. The lowest BCUT2D eigenvalue weighted by Gasteiger charge is -2.46. The highest BCUT2D eigenvalue weighted by Crippen LogP contribution is 2.59. The summed E-state index contributed by atoms with van der Waals surface area (Å²) in [5.41, 5.74) is 4.80. The van der Waals surface area contributed by atoms with Crippen LogP contribution < -0.4 is 11.1 Å². The van der Waals surface area contributed by atoms with Crippen molar-refractivity contribution in [3.63, 3.8) is 0 Å². The molecule has 2 atom stereocenters. The van der Waals surface area contributed by atoms with Gasteiger partial charge in [0.25, 0.3) is 0 Å². The second-order valence-corrected chi connectivity index (χ2v) is 10.3. The number of carbonyl (C=O) groups excluding carboxylic acids is 3. The molecule has 9 nitrogen and oxygen atoms in total. The number of piperazine rings is 1. The van der Waals surface area contributed by atoms with E-state index in [1.807, 2.05) is 0 Å². The van der Waals surface area contributed by atoms with Gasteiger partial charge >= 0.3 is 18.0 Å². The first-order valence-corrected chi connectivity index (χ1v) is 12.5. The largest absolute Gasteiger partial charge is 0.403 e. The third-order valence-electron chi connectivity index (χ3n) is 7.70. The molecule has 1 aromatic heterocycles. The Kier molecular flexibility index (Phi) is 6.73. The Morgan fingerprint density at radius 2 is 1.77 bits per heavy atom. The van der Waals surface area contributed by atoms with E-state index >= 15 is 0 Å². The van der Waals surface area contributed by atoms with Gasteiger partial charge in [-0.25, -0.2) is 9.37 Å². The number of hydrogen-bond donors (Lipinski definition) is 2. The normalized spacial score (nSPS) is 22.7. The van der Waals surface area contributed by atoms with Gasteiger partial charge in [-0.05, 0) is 43.5 Å². The van der Waals surface area contributed by atoms with Crippen molar-refractivity contribution in [1.29, 1.82) is 0 Å². The molecule has 208 valence electrons. The lowest BCUT2D eigenvalue weighted by Crippen LogP contribution is -2.60. The number of ether oxygens (including phenoxy) is 1. The number of carbonyl (C=O) groups is 3. The van der Waals surface area contributed by atoms with Crippen LogP contribution in [-0.4, -0.2) is 71.0 Å². The van der Waals surface area contributed by atoms with E-state index in [2.05, 4.69) is 10.3 Å². The van der Waals surface area contributed by atoms with E-state index in [1.54, 1.807) is 6.07 Å². The van der Waals surface area contributed by atoms with Gasteiger partial charge in [-0.3, -0.25) is 14.4 Å². The summed E-state index contributed by atoms with van der Waals surface area (Å²) in [5, 5.41) is 2.52. The maximum Gasteiger partial charge on any atom is 0.403 e. The number of amides is 3. The van der Waals surface area contributed by atoms with Crippen molar-refractivity contribution in [2.45, 2.75) is 43.9 Å². The second-order valence-electron chi connectivity index (χ2n) is 10.3. The number of nitrogens with two attached hydrogens (primary N) is 1. The van der Waals surface area contributed by atoms with E-state index in [9.17, 15) is 31.9 Å². The van der Waals surface area contributed by atoms with Gasteiger partial charge in [0.1, 0.15) is 17.1 Å². The summed E-state index contributed by atoms with van der Waals surface area (Å²) in [6.07, 6.45) is -3.98. The van der Waals surface area contributed by atoms with Gasteiger partial charge in [0, 0.05) is 30.6 Å². The van der Waals surface area contributed by atoms with Gasteiger partial charge < -0.3 is 25.6 Å². The molecule has 2 saturated heterocycles. The molecular weight excluding hydrogens is 522 g/mol. The fourth-order valence-electron chi connectivity index (χ4n) is 5.09. The molecule has 39 heavy (non-hydrogen) atoms. The number of halogens is 4. The summed E-state index contributed by atoms with van der Waals surface area (Å²) in [5.74, 6) is -3.25. The minimum atomic E-state index is -4.69. The zero-order valence-corrected chi connectivity index (χ0v) is 21.0. The number of rotatable bonds is 4. The summed E-state index contributed by atoms with van der Waals surface area (Å²) < 4.78 is 60.0. The Morgan fingerprint density at radius 1 is 1.10 bits per heavy atom. The topological polar surface area (TPSA) is 118 Å². The molecule has 3 aliphatic rings. The van der Waals surface area contributed by atoms with Gasteiger partial charge in [-0.2, -0.15) is 13.2 Å². The standard InChI is InChI=1S/C26H27F4N5O4/c1-14-10-35(23(37)22(36)33-18-8-19(16-12-39-13-16)21(31)32-9-18)20(15-2-4-17(27)5-3-15)11-34(14)24(38)25(6-7-25)26(28,29)30/h2-5,8-9,14,16,20H,6-7,10-13H2,1H3,(H2,31,32)(H,33,36)/t14-,20-/m1/s1. The Labute approximate surface area is 221 Å². The van der Waals surface area contributed by atoms with Gasteiger partial charge in [0.2, 0.25) is 5.91 Å². The minimum Gasteiger partial charge on any atom is -0.383 e. The third-order valence-corrected chi connectivity index (χ3v) is 7.70. The Hall–Kier alpha value is -3.74. The van der Waals surface area contributed by atoms with Crippen molar-refractivity contribution < 1.29 is 36.7 Å². The van der Waals surface area contributed by atoms with Crippen LogP contribution in [0.5, 0.6) is 0 Å². The molecule has 3 heterocycles. The summed E-state index contributed by atoms with van der Waals surface area (Å²) in [7, 11) is 0. The first kappa shape index (κ1) is 26.9. The first-order chi connectivity index (χ1) is 18.4. The molecule has 0 spiro atoms. The molecule has 5 rings (SSSR count). The first-order valence-electron chi connectivity index (χ1n) is 12.5. The van der Waals surface area contributed by atoms with Crippen LogP contribution in [0.15, 0.2) is 36.5 Å². The van der Waals surface area contributed by atoms with E-state index in [0.717, 1.165) is 17.0 Å². The SMILES string of the molecule is C[C@@H]1CN(C(=O)C(=O)Nc2cnc(N)c(C3COC3)c2)[C@@H](c2ccc(F)cc2)CN1C(=O)C1(C(F)(F)F)CC1. The maximum atomic E-state index is 13.7. The zero-order chi connectivity index (χ0) is 28.1. The molecule has 0 radical (unpaired) electrons. The van der Waals surface area contributed by atoms with Crippen molar-refractivity contribution in [3.8, 4) is 0 Å². The van der Waals surface area contributed by atoms with Crippen LogP contribution in [0, 0.1) is 11.2 Å². The van der Waals surface area contributed by atoms with Crippen molar-refractivity contribution in [3.05, 3.63) is 53.5 Å². The summed E-state index contributed by atoms with van der Waals surface area (Å²) in [4.78, 5) is 45.9. The molecule has 13 heteroatoms. The van der Waals surface area contributed by atoms with Crippen LogP contribution in [0.1, 0.15) is 42.9 Å². The predicted octanol–water partition coefficient (Wildman–Crippen LogP) is 3.00. The van der Waals surface area contributed by atoms with E-state index < -0.39 is 47.2 Å². The molecular formula is C26H27F4N5O4. The van der Waals surface area contributed by atoms with E-state index in [4.69, 9.17) is 10.5 Å². The van der Waals surface area contributed by atoms with Crippen molar-refractivity contribution in [1.82, 2.24) is 14.8 Å². The maximum absolute atomic E-state index is 13.7. The summed E-state index contributed by atoms with van der Waals surface area (Å²) in [6.45, 7) is 1.97. The number of nitrogen functional groups attached to an aromatic ring is 1. The van der Waals surface area contributed by atoms with Crippen LogP contribution in [0.4, 0.5) is 29.1 Å². The molecule has 1 aliphatic carbocycles. The highest BCUT2D eigenvalue weighted by atomic mass is 19.4. The predicted molar refractivity (Wildman–Crippen MR) is 131 cm³/mol. The molecule has 2 aliphatic heterocycles.